The van der Waals surface area contributed by atoms with Crippen LogP contribution in [-0.2, 0) is 6.42 Å². The molecule has 0 spiro atoms. The number of nitrogens with zero attached hydrogens (tertiary/aromatic N) is 1. The number of pyridine rings is 2. The Morgan fingerprint density at radius 1 is 1.19 bits per heavy atom. The van der Waals surface area contributed by atoms with Crippen LogP contribution in [0.3, 0.4) is 0 Å². The summed E-state index contributed by atoms with van der Waals surface area (Å²) in [5.41, 5.74) is 2.34. The summed E-state index contributed by atoms with van der Waals surface area (Å²) in [4.78, 5) is 11.8. The molecule has 0 aliphatic heterocycles. The molecule has 0 radical (unpaired) electrons. The van der Waals surface area contributed by atoms with Crippen LogP contribution in [0.15, 0.2) is 41.3 Å². The molecule has 2 aromatic rings. The van der Waals surface area contributed by atoms with E-state index in [-0.39, 0.29) is 11.0 Å². The lowest BCUT2D eigenvalue weighted by Crippen LogP contribution is -2.16. The van der Waals surface area contributed by atoms with Crippen molar-refractivity contribution in [2.45, 2.75) is 27.2 Å². The molecule has 2 heterocycles. The van der Waals surface area contributed by atoms with Gasteiger partial charge in [-0.25, -0.2) is 0 Å². The highest BCUT2D eigenvalue weighted by Gasteiger charge is 2.12. The molecule has 2 rings (SSSR count). The highest BCUT2D eigenvalue weighted by molar-refractivity contribution is 5.48. The van der Waals surface area contributed by atoms with Gasteiger partial charge in [-0.3, -0.25) is 9.20 Å². The van der Waals surface area contributed by atoms with E-state index in [9.17, 15) is 4.79 Å². The number of rotatable bonds is 1. The van der Waals surface area contributed by atoms with E-state index in [1.54, 1.807) is 16.7 Å². The van der Waals surface area contributed by atoms with E-state index in [2.05, 4.69) is 26.8 Å². The summed E-state index contributed by atoms with van der Waals surface area (Å²) in [7, 11) is 0. The third-order valence-electron chi connectivity index (χ3n) is 2.51. The van der Waals surface area contributed by atoms with Crippen molar-refractivity contribution in [2.24, 2.45) is 5.41 Å². The SMILES string of the molecule is CC(C)(C)Cc1cc(=O)n2ccccc2c1. The van der Waals surface area contributed by atoms with Crippen LogP contribution in [0.2, 0.25) is 0 Å². The minimum atomic E-state index is 0.0531. The highest BCUT2D eigenvalue weighted by Crippen LogP contribution is 2.20. The van der Waals surface area contributed by atoms with Crippen molar-refractivity contribution in [1.29, 1.82) is 0 Å². The van der Waals surface area contributed by atoms with E-state index in [4.69, 9.17) is 0 Å². The Balaban J connectivity index is 2.54. The van der Waals surface area contributed by atoms with Crippen LogP contribution in [0.4, 0.5) is 0 Å². The second-order valence-corrected chi connectivity index (χ2v) is 5.43. The Kier molecular flexibility index (Phi) is 2.58. The molecular formula is C14H17NO. The quantitative estimate of drug-likeness (QED) is 0.716. The van der Waals surface area contributed by atoms with Crippen LogP contribution in [0.25, 0.3) is 5.52 Å². The van der Waals surface area contributed by atoms with Gasteiger partial charge in [0.15, 0.2) is 0 Å². The van der Waals surface area contributed by atoms with E-state index < -0.39 is 0 Å². The van der Waals surface area contributed by atoms with Crippen LogP contribution >= 0.6 is 0 Å². The van der Waals surface area contributed by atoms with Crippen molar-refractivity contribution in [1.82, 2.24) is 4.40 Å². The molecule has 0 atom stereocenters. The molecule has 84 valence electrons. The molecule has 0 saturated heterocycles. The van der Waals surface area contributed by atoms with Gasteiger partial charge in [-0.15, -0.1) is 0 Å². The maximum absolute atomic E-state index is 11.8. The van der Waals surface area contributed by atoms with Gasteiger partial charge >= 0.3 is 0 Å². The first-order chi connectivity index (χ1) is 7.46. The van der Waals surface area contributed by atoms with Crippen molar-refractivity contribution in [3.63, 3.8) is 0 Å². The average Bonchev–Trinajstić information content (AvgIpc) is 2.15. The van der Waals surface area contributed by atoms with Gasteiger partial charge < -0.3 is 0 Å². The molecule has 0 aromatic carbocycles. The van der Waals surface area contributed by atoms with Crippen LogP contribution in [0, 0.1) is 5.41 Å². The molecular weight excluding hydrogens is 198 g/mol. The predicted octanol–water partition coefficient (Wildman–Crippen LogP) is 2.89. The minimum Gasteiger partial charge on any atom is -0.284 e. The minimum absolute atomic E-state index is 0.0531. The summed E-state index contributed by atoms with van der Waals surface area (Å²) >= 11 is 0. The van der Waals surface area contributed by atoms with Crippen molar-refractivity contribution in [3.8, 4) is 0 Å². The topological polar surface area (TPSA) is 21.5 Å². The normalized spacial score (nSPS) is 11.9. The number of fused-ring (bicyclic) bond motifs is 1. The second-order valence-electron chi connectivity index (χ2n) is 5.43. The molecule has 0 amide bonds. The zero-order chi connectivity index (χ0) is 11.8. The number of aromatic nitrogens is 1. The van der Waals surface area contributed by atoms with Crippen molar-refractivity contribution < 1.29 is 0 Å². The van der Waals surface area contributed by atoms with E-state index in [0.717, 1.165) is 17.5 Å². The van der Waals surface area contributed by atoms with Gasteiger partial charge in [0, 0.05) is 17.8 Å². The molecule has 0 unspecified atom stereocenters. The van der Waals surface area contributed by atoms with Gasteiger partial charge in [0.1, 0.15) is 0 Å². The summed E-state index contributed by atoms with van der Waals surface area (Å²) in [6.45, 7) is 6.54. The molecule has 0 N–H and O–H groups in total. The van der Waals surface area contributed by atoms with E-state index >= 15 is 0 Å². The smallest absolute Gasteiger partial charge is 0.255 e. The van der Waals surface area contributed by atoms with Crippen LogP contribution in [0.1, 0.15) is 26.3 Å². The third kappa shape index (κ3) is 2.32. The molecule has 0 aliphatic rings. The summed E-state index contributed by atoms with van der Waals surface area (Å²) in [6, 6.07) is 9.62. The Morgan fingerprint density at radius 2 is 1.94 bits per heavy atom. The Labute approximate surface area is 95.5 Å². The maximum Gasteiger partial charge on any atom is 0.255 e. The molecule has 0 aliphatic carbocycles. The Bertz CT molecular complexity index is 561. The zero-order valence-corrected chi connectivity index (χ0v) is 10.0. The first-order valence-electron chi connectivity index (χ1n) is 5.56. The molecule has 16 heavy (non-hydrogen) atoms. The highest BCUT2D eigenvalue weighted by atomic mass is 16.1. The molecule has 2 heteroatoms. The molecule has 0 bridgehead atoms. The lowest BCUT2D eigenvalue weighted by Gasteiger charge is -2.18. The van der Waals surface area contributed by atoms with Gasteiger partial charge in [0.25, 0.3) is 5.56 Å². The van der Waals surface area contributed by atoms with Gasteiger partial charge in [0.2, 0.25) is 0 Å². The summed E-state index contributed by atoms with van der Waals surface area (Å²) in [5.74, 6) is 0. The Hall–Kier alpha value is -1.57. The van der Waals surface area contributed by atoms with Crippen LogP contribution in [0.5, 0.6) is 0 Å². The van der Waals surface area contributed by atoms with Gasteiger partial charge in [-0.05, 0) is 35.6 Å². The number of hydrogen-bond donors (Lipinski definition) is 0. The molecule has 2 nitrogen and oxygen atoms in total. The van der Waals surface area contributed by atoms with Gasteiger partial charge in [-0.1, -0.05) is 26.8 Å². The monoisotopic (exact) mass is 215 g/mol. The predicted molar refractivity (Wildman–Crippen MR) is 66.8 cm³/mol. The molecule has 0 saturated carbocycles. The summed E-state index contributed by atoms with van der Waals surface area (Å²) in [6.07, 6.45) is 2.73. The lowest BCUT2D eigenvalue weighted by molar-refractivity contribution is 0.411. The van der Waals surface area contributed by atoms with Gasteiger partial charge in [0.05, 0.1) is 0 Å². The first kappa shape index (κ1) is 10.9. The largest absolute Gasteiger partial charge is 0.284 e. The summed E-state index contributed by atoms with van der Waals surface area (Å²) in [5, 5.41) is 0. The second kappa shape index (κ2) is 3.78. The summed E-state index contributed by atoms with van der Waals surface area (Å²) < 4.78 is 1.67. The van der Waals surface area contributed by atoms with E-state index in [1.165, 1.54) is 0 Å². The third-order valence-corrected chi connectivity index (χ3v) is 2.51. The van der Waals surface area contributed by atoms with Crippen molar-refractivity contribution in [3.05, 3.63) is 52.4 Å². The van der Waals surface area contributed by atoms with E-state index in [1.807, 2.05) is 18.2 Å². The lowest BCUT2D eigenvalue weighted by atomic mass is 9.88. The Morgan fingerprint density at radius 3 is 2.62 bits per heavy atom. The fourth-order valence-corrected chi connectivity index (χ4v) is 1.95. The zero-order valence-electron chi connectivity index (χ0n) is 10.0. The fraction of sp³-hybridized carbons (Fsp3) is 0.357. The first-order valence-corrected chi connectivity index (χ1v) is 5.56. The van der Waals surface area contributed by atoms with Crippen molar-refractivity contribution in [2.75, 3.05) is 0 Å². The molecule has 2 aromatic heterocycles. The van der Waals surface area contributed by atoms with E-state index in [0.29, 0.717) is 0 Å². The maximum atomic E-state index is 11.8. The van der Waals surface area contributed by atoms with Crippen molar-refractivity contribution >= 4 is 5.52 Å². The fourth-order valence-electron chi connectivity index (χ4n) is 1.95. The standard InChI is InChI=1S/C14H17NO/c1-14(2,3)10-11-8-12-6-4-5-7-15(12)13(16)9-11/h4-9H,10H2,1-3H3. The number of hydrogen-bond acceptors (Lipinski definition) is 1. The van der Waals surface area contributed by atoms with Crippen LogP contribution < -0.4 is 5.56 Å². The average molecular weight is 215 g/mol. The van der Waals surface area contributed by atoms with Crippen LogP contribution in [-0.4, -0.2) is 4.40 Å². The van der Waals surface area contributed by atoms with Gasteiger partial charge in [-0.2, -0.15) is 0 Å². The molecule has 0 fully saturated rings.